The molecule has 0 aliphatic carbocycles. The van der Waals surface area contributed by atoms with E-state index in [9.17, 15) is 21.6 Å². The van der Waals surface area contributed by atoms with Gasteiger partial charge in [0, 0.05) is 6.04 Å². The summed E-state index contributed by atoms with van der Waals surface area (Å²) >= 11 is 0. The minimum absolute atomic E-state index is 0.0585. The zero-order valence-electron chi connectivity index (χ0n) is 19.0. The molecule has 11 heteroatoms. The number of sulfonamides is 2. The van der Waals surface area contributed by atoms with Crippen molar-refractivity contribution >= 4 is 37.3 Å². The summed E-state index contributed by atoms with van der Waals surface area (Å²) < 4.78 is 58.5. The van der Waals surface area contributed by atoms with Crippen LogP contribution in [-0.4, -0.2) is 48.7 Å². The normalized spacial score (nSPS) is 12.0. The first-order valence-electron chi connectivity index (χ1n) is 9.80. The highest BCUT2D eigenvalue weighted by atomic mass is 32.2. The summed E-state index contributed by atoms with van der Waals surface area (Å²) in [6.07, 6.45) is 1.02. The van der Waals surface area contributed by atoms with Gasteiger partial charge < -0.3 is 10.1 Å². The van der Waals surface area contributed by atoms with Gasteiger partial charge in [-0.15, -0.1) is 0 Å². The molecule has 176 valence electrons. The van der Waals surface area contributed by atoms with Gasteiger partial charge in [0.05, 0.1) is 29.6 Å². The van der Waals surface area contributed by atoms with E-state index in [1.165, 1.54) is 25.3 Å². The Hall–Kier alpha value is -2.63. The van der Waals surface area contributed by atoms with Crippen molar-refractivity contribution in [2.24, 2.45) is 0 Å². The molecular formula is C21H29N3O6S2. The third kappa shape index (κ3) is 6.21. The average Bonchev–Trinajstić information content (AvgIpc) is 2.66. The van der Waals surface area contributed by atoms with Gasteiger partial charge in [-0.05, 0) is 63.1 Å². The third-order valence-electron chi connectivity index (χ3n) is 4.68. The van der Waals surface area contributed by atoms with Crippen LogP contribution in [0.1, 0.15) is 25.0 Å². The second-order valence-electron chi connectivity index (χ2n) is 7.67. The van der Waals surface area contributed by atoms with Crippen LogP contribution in [0.5, 0.6) is 5.75 Å². The van der Waals surface area contributed by atoms with Crippen molar-refractivity contribution in [3.8, 4) is 5.75 Å². The number of amides is 1. The van der Waals surface area contributed by atoms with Gasteiger partial charge in [-0.2, -0.15) is 0 Å². The van der Waals surface area contributed by atoms with Crippen LogP contribution in [-0.2, 0) is 24.8 Å². The number of benzene rings is 2. The van der Waals surface area contributed by atoms with Gasteiger partial charge in [0.1, 0.15) is 12.3 Å². The summed E-state index contributed by atoms with van der Waals surface area (Å²) in [5, 5.41) is 2.57. The molecule has 1 amide bonds. The van der Waals surface area contributed by atoms with E-state index in [0.717, 1.165) is 21.7 Å². The Morgan fingerprint density at radius 1 is 1.09 bits per heavy atom. The largest absolute Gasteiger partial charge is 0.495 e. The van der Waals surface area contributed by atoms with Gasteiger partial charge in [-0.25, -0.2) is 21.6 Å². The first-order valence-corrected chi connectivity index (χ1v) is 13.1. The first-order chi connectivity index (χ1) is 14.8. The van der Waals surface area contributed by atoms with Crippen molar-refractivity contribution in [1.29, 1.82) is 0 Å². The van der Waals surface area contributed by atoms with Crippen molar-refractivity contribution in [3.63, 3.8) is 0 Å². The van der Waals surface area contributed by atoms with Crippen molar-refractivity contribution in [2.45, 2.75) is 38.6 Å². The molecule has 0 heterocycles. The molecule has 0 atom stereocenters. The standard InChI is InChI=1S/C21H29N3O6S2/c1-14(2)23-32(28,29)17-10-11-20(30-5)18(12-17)22-21(25)13-24(31(6,26)27)19-9-7-8-15(3)16(19)4/h7-12,14,23H,13H2,1-6H3,(H,22,25). The van der Waals surface area contributed by atoms with Crippen LogP contribution in [0.3, 0.4) is 0 Å². The number of carbonyl (C=O) groups excluding carboxylic acids is 1. The minimum atomic E-state index is -3.81. The van der Waals surface area contributed by atoms with Crippen LogP contribution in [0.4, 0.5) is 11.4 Å². The van der Waals surface area contributed by atoms with Gasteiger partial charge >= 0.3 is 0 Å². The number of rotatable bonds is 9. The maximum absolute atomic E-state index is 12.8. The number of anilines is 2. The Morgan fingerprint density at radius 3 is 2.31 bits per heavy atom. The molecule has 2 rings (SSSR count). The van der Waals surface area contributed by atoms with Crippen LogP contribution < -0.4 is 19.1 Å². The molecular weight excluding hydrogens is 454 g/mol. The highest BCUT2D eigenvalue weighted by Gasteiger charge is 2.24. The summed E-state index contributed by atoms with van der Waals surface area (Å²) in [4.78, 5) is 12.7. The number of ether oxygens (including phenoxy) is 1. The lowest BCUT2D eigenvalue weighted by atomic mass is 10.1. The molecule has 2 aromatic carbocycles. The Balaban J connectivity index is 2.38. The molecule has 0 unspecified atom stereocenters. The Kier molecular flexibility index (Phi) is 7.92. The van der Waals surface area contributed by atoms with E-state index in [1.54, 1.807) is 32.9 Å². The summed E-state index contributed by atoms with van der Waals surface area (Å²) in [5.74, 6) is -0.416. The average molecular weight is 484 g/mol. The fraction of sp³-hybridized carbons (Fsp3) is 0.381. The second-order valence-corrected chi connectivity index (χ2v) is 11.3. The highest BCUT2D eigenvalue weighted by molar-refractivity contribution is 7.92. The van der Waals surface area contributed by atoms with Crippen LogP contribution in [0, 0.1) is 13.8 Å². The van der Waals surface area contributed by atoms with E-state index < -0.39 is 32.5 Å². The van der Waals surface area contributed by atoms with Crippen molar-refractivity contribution in [3.05, 3.63) is 47.5 Å². The molecule has 0 spiro atoms. The van der Waals surface area contributed by atoms with Crippen molar-refractivity contribution in [1.82, 2.24) is 4.72 Å². The molecule has 0 aromatic heterocycles. The highest BCUT2D eigenvalue weighted by Crippen LogP contribution is 2.29. The topological polar surface area (TPSA) is 122 Å². The SMILES string of the molecule is COc1ccc(S(=O)(=O)NC(C)C)cc1NC(=O)CN(c1cccc(C)c1C)S(C)(=O)=O. The lowest BCUT2D eigenvalue weighted by molar-refractivity contribution is -0.114. The van der Waals surface area contributed by atoms with Crippen LogP contribution in [0.25, 0.3) is 0 Å². The number of hydrogen-bond acceptors (Lipinski definition) is 6. The Morgan fingerprint density at radius 2 is 1.75 bits per heavy atom. The monoisotopic (exact) mass is 483 g/mol. The smallest absolute Gasteiger partial charge is 0.245 e. The molecule has 32 heavy (non-hydrogen) atoms. The molecule has 0 bridgehead atoms. The number of methoxy groups -OCH3 is 1. The molecule has 2 N–H and O–H groups in total. The van der Waals surface area contributed by atoms with E-state index >= 15 is 0 Å². The Labute approximate surface area is 189 Å². The molecule has 0 saturated heterocycles. The number of carbonyl (C=O) groups is 1. The maximum atomic E-state index is 12.8. The quantitative estimate of drug-likeness (QED) is 0.565. The van der Waals surface area contributed by atoms with E-state index in [-0.39, 0.29) is 22.4 Å². The molecule has 0 fully saturated rings. The summed E-state index contributed by atoms with van der Waals surface area (Å²) in [5.41, 5.74) is 2.12. The van der Waals surface area contributed by atoms with Crippen LogP contribution >= 0.6 is 0 Å². The second kappa shape index (κ2) is 9.88. The third-order valence-corrected chi connectivity index (χ3v) is 7.46. The zero-order chi connectivity index (χ0) is 24.3. The number of nitrogens with zero attached hydrogens (tertiary/aromatic N) is 1. The van der Waals surface area contributed by atoms with E-state index in [2.05, 4.69) is 10.0 Å². The van der Waals surface area contributed by atoms with Gasteiger partial charge in [-0.1, -0.05) is 12.1 Å². The summed E-state index contributed by atoms with van der Waals surface area (Å²) in [6, 6.07) is 8.92. The van der Waals surface area contributed by atoms with Crippen LogP contribution in [0.2, 0.25) is 0 Å². The Bertz CT molecular complexity index is 1210. The molecule has 2 aromatic rings. The summed E-state index contributed by atoms with van der Waals surface area (Å²) in [6.45, 7) is 6.52. The van der Waals surface area contributed by atoms with Gasteiger partial charge in [-0.3, -0.25) is 9.10 Å². The van der Waals surface area contributed by atoms with Gasteiger partial charge in [0.25, 0.3) is 0 Å². The fourth-order valence-corrected chi connectivity index (χ4v) is 5.22. The molecule has 0 saturated carbocycles. The van der Waals surface area contributed by atoms with E-state index in [4.69, 9.17) is 4.74 Å². The van der Waals surface area contributed by atoms with Gasteiger partial charge in [0.15, 0.2) is 0 Å². The van der Waals surface area contributed by atoms with Crippen molar-refractivity contribution in [2.75, 3.05) is 29.5 Å². The predicted octanol–water partition coefficient (Wildman–Crippen LogP) is 2.40. The minimum Gasteiger partial charge on any atom is -0.495 e. The molecule has 0 radical (unpaired) electrons. The maximum Gasteiger partial charge on any atom is 0.245 e. The predicted molar refractivity (Wildman–Crippen MR) is 125 cm³/mol. The van der Waals surface area contributed by atoms with E-state index in [1.807, 2.05) is 13.0 Å². The first kappa shape index (κ1) is 25.6. The fourth-order valence-electron chi connectivity index (χ4n) is 3.04. The van der Waals surface area contributed by atoms with Crippen molar-refractivity contribution < 1.29 is 26.4 Å². The van der Waals surface area contributed by atoms with Crippen LogP contribution in [0.15, 0.2) is 41.3 Å². The lowest BCUT2D eigenvalue weighted by Crippen LogP contribution is -2.38. The molecule has 9 nitrogen and oxygen atoms in total. The molecule has 0 aliphatic rings. The summed E-state index contributed by atoms with van der Waals surface area (Å²) in [7, 11) is -6.20. The van der Waals surface area contributed by atoms with E-state index in [0.29, 0.717) is 5.69 Å². The number of aryl methyl sites for hydroxylation is 1. The number of nitrogens with one attached hydrogen (secondary N) is 2. The zero-order valence-corrected chi connectivity index (χ0v) is 20.6. The number of hydrogen-bond donors (Lipinski definition) is 2. The lowest BCUT2D eigenvalue weighted by Gasteiger charge is -2.24. The molecule has 0 aliphatic heterocycles. The van der Waals surface area contributed by atoms with Gasteiger partial charge in [0.2, 0.25) is 26.0 Å².